The average Bonchev–Trinajstić information content (AvgIpc) is 2.23. The summed E-state index contributed by atoms with van der Waals surface area (Å²) in [6.45, 7) is 11.6. The van der Waals surface area contributed by atoms with Crippen LogP contribution in [0, 0.1) is 0 Å². The molecule has 0 aliphatic heterocycles. The molecule has 0 aromatic heterocycles. The Hall–Kier alpha value is 0.816. The van der Waals surface area contributed by atoms with Crippen LogP contribution in [0.15, 0.2) is 0 Å². The summed E-state index contributed by atoms with van der Waals surface area (Å²) in [5, 5.41) is 45.4. The molecule has 0 aliphatic carbocycles. The first kappa shape index (κ1) is 49.8. The molecule has 0 radical (unpaired) electrons. The summed E-state index contributed by atoms with van der Waals surface area (Å²) in [5.41, 5.74) is 0. The molecule has 6 N–H and O–H groups in total. The Kier molecular flexibility index (Phi) is 376. The van der Waals surface area contributed by atoms with E-state index in [0.29, 0.717) is 0 Å². The van der Waals surface area contributed by atoms with Crippen molar-refractivity contribution in [3.63, 3.8) is 0 Å². The van der Waals surface area contributed by atoms with E-state index in [1.807, 2.05) is 0 Å². The quantitative estimate of drug-likeness (QED) is 0.352. The molecule has 0 aromatic rings. The molecule has 20 heavy (non-hydrogen) atoms. The first-order chi connectivity index (χ1) is 8.49. The van der Waals surface area contributed by atoms with Gasteiger partial charge >= 0.3 is 23.1 Å². The molecule has 132 valence electrons. The minimum absolute atomic E-state index is 0. The molecule has 0 aromatic carbocycles. The Labute approximate surface area is 150 Å². The third-order valence-corrected chi connectivity index (χ3v) is 0. The first-order valence-electron chi connectivity index (χ1n) is 6.14. The van der Waals surface area contributed by atoms with E-state index in [0.717, 1.165) is 0 Å². The van der Waals surface area contributed by atoms with Crippen LogP contribution in [0.5, 0.6) is 0 Å². The maximum Gasteiger partial charge on any atom is 2.00 e. The van der Waals surface area contributed by atoms with Crippen molar-refractivity contribution in [1.82, 2.24) is 0 Å². The van der Waals surface area contributed by atoms with Gasteiger partial charge in [0.1, 0.15) is 0 Å². The summed E-state index contributed by atoms with van der Waals surface area (Å²) >= 11 is 0. The van der Waals surface area contributed by atoms with Crippen molar-refractivity contribution in [2.75, 3.05) is 39.6 Å². The molecule has 6 nitrogen and oxygen atoms in total. The van der Waals surface area contributed by atoms with E-state index in [2.05, 4.69) is 0 Å². The molecule has 0 rings (SSSR count). The van der Waals surface area contributed by atoms with Gasteiger partial charge in [0.2, 0.25) is 0 Å². The topological polar surface area (TPSA) is 121 Å². The van der Waals surface area contributed by atoms with Gasteiger partial charge in [-0.25, -0.2) is 0 Å². The molecule has 0 amide bonds. The van der Waals surface area contributed by atoms with Crippen LogP contribution >= 0.6 is 12.4 Å². The molecule has 0 unspecified atom stereocenters. The van der Waals surface area contributed by atoms with Gasteiger partial charge in [-0.2, -0.15) is 0 Å². The fraction of sp³-hybridized carbons (Fsp3) is 1.00. The Morgan fingerprint density at radius 3 is 0.450 bits per heavy atom. The van der Waals surface area contributed by atoms with Crippen LogP contribution in [0.1, 0.15) is 44.4 Å². The van der Waals surface area contributed by atoms with E-state index < -0.39 is 0 Å². The van der Waals surface area contributed by atoms with E-state index in [1.165, 1.54) is 0 Å². The Balaban J connectivity index is -0.00000000947. The summed E-state index contributed by atoms with van der Waals surface area (Å²) in [4.78, 5) is 0. The van der Waals surface area contributed by atoms with Gasteiger partial charge in [0.15, 0.2) is 0 Å². The maximum atomic E-state index is 7.57. The molecule has 0 saturated carbocycles. The second-order valence-corrected chi connectivity index (χ2v) is 1.90. The summed E-state index contributed by atoms with van der Waals surface area (Å²) in [6, 6.07) is 0. The number of hydrogen-bond acceptors (Lipinski definition) is 6. The van der Waals surface area contributed by atoms with Gasteiger partial charge in [-0.15, -0.1) is 12.4 Å². The number of aliphatic hydroxyl groups is 6. The minimum atomic E-state index is 0. The second kappa shape index (κ2) is 151. The molecule has 0 saturated heterocycles. The standard InChI is InChI=1S/6C2H6O.ClH.Mg.2H/c6*1-2-3;;;;/h6*3H,2H2,1H3;1H;;;/q;;;;;;;+2;2*-1. The van der Waals surface area contributed by atoms with Crippen LogP contribution in [0.4, 0.5) is 0 Å². The van der Waals surface area contributed by atoms with E-state index in [1.54, 1.807) is 41.5 Å². The second-order valence-electron chi connectivity index (χ2n) is 1.90. The molecule has 0 fully saturated rings. The minimum Gasteiger partial charge on any atom is -1.00 e. The Morgan fingerprint density at radius 1 is 0.450 bits per heavy atom. The van der Waals surface area contributed by atoms with Crippen molar-refractivity contribution in [2.45, 2.75) is 41.5 Å². The largest absolute Gasteiger partial charge is 2.00 e. The number of halogens is 1. The van der Waals surface area contributed by atoms with Crippen LogP contribution in [0.2, 0.25) is 0 Å². The van der Waals surface area contributed by atoms with Crippen molar-refractivity contribution in [3.05, 3.63) is 0 Å². The molecule has 8 heteroatoms. The molecule has 0 atom stereocenters. The monoisotopic (exact) mass is 338 g/mol. The van der Waals surface area contributed by atoms with Gasteiger partial charge in [0.25, 0.3) is 0 Å². The fourth-order valence-electron chi connectivity index (χ4n) is 0. The first-order valence-corrected chi connectivity index (χ1v) is 6.14. The van der Waals surface area contributed by atoms with Gasteiger partial charge in [-0.3, -0.25) is 0 Å². The molecule has 0 aliphatic rings. The van der Waals surface area contributed by atoms with Crippen molar-refractivity contribution < 1.29 is 33.5 Å². The Bertz CT molecular complexity index is 53.1. The van der Waals surface area contributed by atoms with E-state index in [4.69, 9.17) is 30.6 Å². The molecule has 0 bridgehead atoms. The van der Waals surface area contributed by atoms with Crippen molar-refractivity contribution in [3.8, 4) is 0 Å². The van der Waals surface area contributed by atoms with Gasteiger partial charge in [0.05, 0.1) is 0 Å². The van der Waals surface area contributed by atoms with Crippen LogP contribution in [0.3, 0.4) is 0 Å². The normalized spacial score (nSPS) is 5.40. The van der Waals surface area contributed by atoms with Gasteiger partial charge in [-0.05, 0) is 41.5 Å². The molecular weight excluding hydrogens is 300 g/mol. The van der Waals surface area contributed by atoms with E-state index in [9.17, 15) is 0 Å². The summed E-state index contributed by atoms with van der Waals surface area (Å²) in [7, 11) is 0. The van der Waals surface area contributed by atoms with Crippen LogP contribution in [-0.4, -0.2) is 93.3 Å². The zero-order chi connectivity index (χ0) is 16.2. The Morgan fingerprint density at radius 2 is 0.450 bits per heavy atom. The van der Waals surface area contributed by atoms with Crippen molar-refractivity contribution >= 4 is 35.5 Å². The van der Waals surface area contributed by atoms with E-state index in [-0.39, 0.29) is 78.0 Å². The van der Waals surface area contributed by atoms with Gasteiger partial charge in [0, 0.05) is 39.6 Å². The van der Waals surface area contributed by atoms with Crippen molar-refractivity contribution in [2.24, 2.45) is 0 Å². The number of aliphatic hydroxyl groups excluding tert-OH is 6. The smallest absolute Gasteiger partial charge is 1.00 e. The maximum absolute atomic E-state index is 7.57. The summed E-state index contributed by atoms with van der Waals surface area (Å²) in [6.07, 6.45) is 0. The molecule has 0 spiro atoms. The predicted molar refractivity (Wildman–Crippen MR) is 91.8 cm³/mol. The molecule has 0 heterocycles. The fourth-order valence-corrected chi connectivity index (χ4v) is 0. The summed E-state index contributed by atoms with van der Waals surface area (Å²) in [5.74, 6) is 0. The zero-order valence-corrected chi connectivity index (χ0v) is 16.3. The third-order valence-electron chi connectivity index (χ3n) is 0. The number of hydrogen-bond donors (Lipinski definition) is 6. The SMILES string of the molecule is CCO.CCO.CCO.CCO.CCO.CCO.Cl.[H-].[H-].[Mg+2]. The van der Waals surface area contributed by atoms with E-state index >= 15 is 0 Å². The molecular formula is C12H39ClMgO6. The zero-order valence-electron chi connectivity index (χ0n) is 16.0. The average molecular weight is 339 g/mol. The predicted octanol–water partition coefficient (Wildman–Crippen LogP) is 0.258. The third kappa shape index (κ3) is 8960. The van der Waals surface area contributed by atoms with Gasteiger partial charge in [-0.1, -0.05) is 0 Å². The van der Waals surface area contributed by atoms with Crippen LogP contribution in [-0.2, 0) is 0 Å². The summed E-state index contributed by atoms with van der Waals surface area (Å²) < 4.78 is 0. The number of rotatable bonds is 0. The van der Waals surface area contributed by atoms with Crippen LogP contribution in [0.25, 0.3) is 0 Å². The van der Waals surface area contributed by atoms with Crippen LogP contribution < -0.4 is 0 Å². The van der Waals surface area contributed by atoms with Crippen molar-refractivity contribution in [1.29, 1.82) is 0 Å². The van der Waals surface area contributed by atoms with Gasteiger partial charge < -0.3 is 33.5 Å².